The van der Waals surface area contributed by atoms with Gasteiger partial charge in [-0.15, -0.1) is 0 Å². The molecule has 1 amide bonds. The number of ether oxygens (including phenoxy) is 1. The molecule has 1 heterocycles. The molecule has 6 N–H and O–H groups in total. The van der Waals surface area contributed by atoms with E-state index in [2.05, 4.69) is 25.7 Å². The number of nitrogens with one attached hydrogen (secondary N) is 2. The monoisotopic (exact) mass is 227 g/mol. The number of carbonyl (C=O) groups is 1. The van der Waals surface area contributed by atoms with Crippen LogP contribution >= 0.6 is 0 Å². The number of hydrazine groups is 1. The van der Waals surface area contributed by atoms with Crippen molar-refractivity contribution in [2.24, 2.45) is 11.6 Å². The first kappa shape index (κ1) is 11.9. The molecule has 0 aromatic carbocycles. The molecule has 0 saturated heterocycles. The summed E-state index contributed by atoms with van der Waals surface area (Å²) < 4.78 is 5.08. The van der Waals surface area contributed by atoms with Crippen LogP contribution in [0.2, 0.25) is 0 Å². The Kier molecular flexibility index (Phi) is 4.21. The van der Waals surface area contributed by atoms with Crippen LogP contribution in [0.4, 0.5) is 11.9 Å². The lowest BCUT2D eigenvalue weighted by atomic mass is 10.6. The van der Waals surface area contributed by atoms with E-state index in [1.807, 2.05) is 0 Å². The molecular weight excluding hydrogens is 214 g/mol. The summed E-state index contributed by atoms with van der Waals surface area (Å²) in [5.41, 5.74) is 7.22. The Labute approximate surface area is 91.6 Å². The molecule has 0 atom stereocenters. The van der Waals surface area contributed by atoms with Crippen LogP contribution in [0.5, 0.6) is 6.01 Å². The van der Waals surface area contributed by atoms with Gasteiger partial charge in [-0.25, -0.2) is 5.84 Å². The predicted molar refractivity (Wildman–Crippen MR) is 56.5 cm³/mol. The van der Waals surface area contributed by atoms with Crippen LogP contribution in [-0.4, -0.2) is 34.0 Å². The number of nitrogen functional groups attached to an aromatic ring is 1. The Morgan fingerprint density at radius 2 is 2.06 bits per heavy atom. The molecular formula is C7H13N7O2. The maximum atomic E-state index is 10.6. The Hall–Kier alpha value is -2.16. The van der Waals surface area contributed by atoms with Gasteiger partial charge in [0.25, 0.3) is 0 Å². The third-order valence-electron chi connectivity index (χ3n) is 1.44. The molecule has 9 heteroatoms. The second kappa shape index (κ2) is 5.66. The number of carbonyl (C=O) groups excluding carboxylic acids is 1. The van der Waals surface area contributed by atoms with Crippen LogP contribution in [-0.2, 0) is 4.79 Å². The average molecular weight is 227 g/mol. The van der Waals surface area contributed by atoms with Crippen molar-refractivity contribution >= 4 is 17.8 Å². The SMILES string of the molecule is CCOc1nc(NN)nc(NCC(N)=O)n1. The van der Waals surface area contributed by atoms with Gasteiger partial charge in [-0.05, 0) is 6.92 Å². The Bertz CT molecular complexity index is 370. The van der Waals surface area contributed by atoms with Crippen LogP contribution in [0.15, 0.2) is 0 Å². The normalized spacial score (nSPS) is 9.62. The Morgan fingerprint density at radius 1 is 1.38 bits per heavy atom. The van der Waals surface area contributed by atoms with Gasteiger partial charge in [0.2, 0.25) is 17.8 Å². The van der Waals surface area contributed by atoms with Gasteiger partial charge < -0.3 is 15.8 Å². The van der Waals surface area contributed by atoms with Gasteiger partial charge in [0.1, 0.15) is 0 Å². The number of hydrogen-bond acceptors (Lipinski definition) is 8. The van der Waals surface area contributed by atoms with Crippen LogP contribution in [0.1, 0.15) is 6.92 Å². The molecule has 1 aromatic heterocycles. The van der Waals surface area contributed by atoms with Crippen molar-refractivity contribution in [2.75, 3.05) is 23.9 Å². The minimum absolute atomic E-state index is 0.0837. The first-order valence-corrected chi connectivity index (χ1v) is 4.53. The number of primary amides is 1. The topological polar surface area (TPSA) is 141 Å². The number of amides is 1. The van der Waals surface area contributed by atoms with Gasteiger partial charge in [0.05, 0.1) is 13.2 Å². The van der Waals surface area contributed by atoms with Gasteiger partial charge in [-0.3, -0.25) is 10.2 Å². The summed E-state index contributed by atoms with van der Waals surface area (Å²) in [7, 11) is 0. The summed E-state index contributed by atoms with van der Waals surface area (Å²) in [6.07, 6.45) is 0. The summed E-state index contributed by atoms with van der Waals surface area (Å²) >= 11 is 0. The van der Waals surface area contributed by atoms with E-state index in [0.717, 1.165) is 0 Å². The molecule has 1 rings (SSSR count). The highest BCUT2D eigenvalue weighted by Gasteiger charge is 2.06. The molecule has 0 saturated carbocycles. The second-order valence-corrected chi connectivity index (χ2v) is 2.66. The van der Waals surface area contributed by atoms with E-state index < -0.39 is 5.91 Å². The van der Waals surface area contributed by atoms with Gasteiger partial charge in [0.15, 0.2) is 0 Å². The second-order valence-electron chi connectivity index (χ2n) is 2.66. The zero-order chi connectivity index (χ0) is 12.0. The van der Waals surface area contributed by atoms with Crippen molar-refractivity contribution in [3.05, 3.63) is 0 Å². The lowest BCUT2D eigenvalue weighted by Gasteiger charge is -2.06. The first-order valence-electron chi connectivity index (χ1n) is 4.53. The average Bonchev–Trinajstić information content (AvgIpc) is 2.26. The summed E-state index contributed by atoms with van der Waals surface area (Å²) in [4.78, 5) is 22.1. The minimum Gasteiger partial charge on any atom is -0.464 e. The molecule has 0 aliphatic heterocycles. The largest absolute Gasteiger partial charge is 0.464 e. The third-order valence-corrected chi connectivity index (χ3v) is 1.44. The van der Waals surface area contributed by atoms with E-state index in [1.165, 1.54) is 0 Å². The Morgan fingerprint density at radius 3 is 2.62 bits per heavy atom. The van der Waals surface area contributed by atoms with E-state index in [4.69, 9.17) is 16.3 Å². The molecule has 0 aliphatic rings. The number of rotatable bonds is 6. The zero-order valence-electron chi connectivity index (χ0n) is 8.73. The quantitative estimate of drug-likeness (QED) is 0.338. The molecule has 0 spiro atoms. The smallest absolute Gasteiger partial charge is 0.323 e. The molecule has 88 valence electrons. The first-order chi connectivity index (χ1) is 7.65. The summed E-state index contributed by atoms with van der Waals surface area (Å²) in [6, 6.07) is 0.109. The van der Waals surface area contributed by atoms with Crippen molar-refractivity contribution in [3.63, 3.8) is 0 Å². The Balaban J connectivity index is 2.81. The van der Waals surface area contributed by atoms with Crippen molar-refractivity contribution in [2.45, 2.75) is 6.92 Å². The number of nitrogens with zero attached hydrogens (tertiary/aromatic N) is 3. The molecule has 0 fully saturated rings. The number of aromatic nitrogens is 3. The van der Waals surface area contributed by atoms with E-state index in [-0.39, 0.29) is 24.5 Å². The molecule has 1 aromatic rings. The van der Waals surface area contributed by atoms with Crippen molar-refractivity contribution in [1.82, 2.24) is 15.0 Å². The van der Waals surface area contributed by atoms with Crippen molar-refractivity contribution in [1.29, 1.82) is 0 Å². The van der Waals surface area contributed by atoms with Crippen LogP contribution < -0.4 is 27.1 Å². The highest BCUT2D eigenvalue weighted by Crippen LogP contribution is 2.09. The van der Waals surface area contributed by atoms with Gasteiger partial charge in [-0.1, -0.05) is 0 Å². The summed E-state index contributed by atoms with van der Waals surface area (Å²) in [5.74, 6) is 4.92. The van der Waals surface area contributed by atoms with Crippen LogP contribution in [0, 0.1) is 0 Å². The van der Waals surface area contributed by atoms with Gasteiger partial charge in [-0.2, -0.15) is 15.0 Å². The van der Waals surface area contributed by atoms with Crippen molar-refractivity contribution in [3.8, 4) is 6.01 Å². The lowest BCUT2D eigenvalue weighted by molar-refractivity contribution is -0.116. The zero-order valence-corrected chi connectivity index (χ0v) is 8.73. The fourth-order valence-corrected chi connectivity index (χ4v) is 0.860. The van der Waals surface area contributed by atoms with E-state index in [0.29, 0.717) is 6.61 Å². The molecule has 0 aliphatic carbocycles. The maximum absolute atomic E-state index is 10.6. The summed E-state index contributed by atoms with van der Waals surface area (Å²) in [6.45, 7) is 2.11. The number of anilines is 2. The third kappa shape index (κ3) is 3.53. The highest BCUT2D eigenvalue weighted by atomic mass is 16.5. The van der Waals surface area contributed by atoms with E-state index >= 15 is 0 Å². The minimum atomic E-state index is -0.527. The maximum Gasteiger partial charge on any atom is 0.323 e. The fraction of sp³-hybridized carbons (Fsp3) is 0.429. The standard InChI is InChI=1S/C7H13N7O2/c1-2-16-7-12-5(10-3-4(8)15)11-6(13-7)14-9/h2-3,9H2,1H3,(H2,8,15)(H2,10,11,12,13,14). The number of hydrogen-bond donors (Lipinski definition) is 4. The molecule has 0 unspecified atom stereocenters. The predicted octanol–water partition coefficient (Wildman–Crippen LogP) is -1.55. The molecule has 16 heavy (non-hydrogen) atoms. The summed E-state index contributed by atoms with van der Waals surface area (Å²) in [5, 5.41) is 2.61. The molecule has 0 radical (unpaired) electrons. The highest BCUT2D eigenvalue weighted by molar-refractivity contribution is 5.78. The number of nitrogens with two attached hydrogens (primary N) is 2. The van der Waals surface area contributed by atoms with Crippen molar-refractivity contribution < 1.29 is 9.53 Å². The lowest BCUT2D eigenvalue weighted by Crippen LogP contribution is -2.23. The molecule has 0 bridgehead atoms. The fourth-order valence-electron chi connectivity index (χ4n) is 0.860. The van der Waals surface area contributed by atoms with Crippen LogP contribution in [0.3, 0.4) is 0 Å². The van der Waals surface area contributed by atoms with Gasteiger partial charge in [0, 0.05) is 0 Å². The van der Waals surface area contributed by atoms with E-state index in [1.54, 1.807) is 6.92 Å². The molecule has 9 nitrogen and oxygen atoms in total. The van der Waals surface area contributed by atoms with Crippen LogP contribution in [0.25, 0.3) is 0 Å². The van der Waals surface area contributed by atoms with E-state index in [9.17, 15) is 4.79 Å². The van der Waals surface area contributed by atoms with Gasteiger partial charge >= 0.3 is 6.01 Å².